The highest BCUT2D eigenvalue weighted by molar-refractivity contribution is 6.41. The summed E-state index contributed by atoms with van der Waals surface area (Å²) in [6, 6.07) is 3.49. The molecular formula is C15H14Cl2N2O4. The molecule has 0 saturated heterocycles. The predicted molar refractivity (Wildman–Crippen MR) is 89.8 cm³/mol. The minimum Gasteiger partial charge on any atom is -0.493 e. The number of nitrogens with zero attached hydrogens (tertiary/aromatic N) is 2. The van der Waals surface area contributed by atoms with Crippen LogP contribution in [0.2, 0.25) is 10.0 Å². The number of hydrogen-bond donors (Lipinski definition) is 0. The van der Waals surface area contributed by atoms with Crippen molar-refractivity contribution in [2.45, 2.75) is 0 Å². The zero-order chi connectivity index (χ0) is 17.0. The summed E-state index contributed by atoms with van der Waals surface area (Å²) in [5, 5.41) is 3.90. The molecule has 6 nitrogen and oxygen atoms in total. The molecule has 0 aliphatic heterocycles. The van der Waals surface area contributed by atoms with Crippen molar-refractivity contribution in [2.75, 3.05) is 21.3 Å². The Labute approximate surface area is 142 Å². The first kappa shape index (κ1) is 17.2. The van der Waals surface area contributed by atoms with Crippen LogP contribution in [0.1, 0.15) is 5.56 Å². The number of rotatable bonds is 5. The quantitative estimate of drug-likeness (QED) is 0.822. The summed E-state index contributed by atoms with van der Waals surface area (Å²) >= 11 is 11.6. The van der Waals surface area contributed by atoms with E-state index in [1.165, 1.54) is 33.7 Å². The van der Waals surface area contributed by atoms with Gasteiger partial charge < -0.3 is 14.2 Å². The number of halogens is 2. The molecule has 0 fully saturated rings. The molecule has 0 spiro atoms. The molecule has 0 amide bonds. The van der Waals surface area contributed by atoms with Crippen molar-refractivity contribution in [3.8, 4) is 17.2 Å². The molecule has 0 atom stereocenters. The lowest BCUT2D eigenvalue weighted by atomic mass is 10.1. The standard InChI is InChI=1S/C15H14Cl2N2O4/c1-21-11-5-4-9(13(22-2)14(11)23-3)6-7-19-15(20)12(17)10(16)8-18-19/h4-8H,1-3H3/b7-6+. The van der Waals surface area contributed by atoms with Gasteiger partial charge in [-0.3, -0.25) is 4.79 Å². The van der Waals surface area contributed by atoms with Crippen LogP contribution in [0.25, 0.3) is 12.3 Å². The number of ether oxygens (including phenoxy) is 3. The molecule has 23 heavy (non-hydrogen) atoms. The Morgan fingerprint density at radius 3 is 2.39 bits per heavy atom. The van der Waals surface area contributed by atoms with Gasteiger partial charge in [0, 0.05) is 11.8 Å². The zero-order valence-corrected chi connectivity index (χ0v) is 14.2. The fraction of sp³-hybridized carbons (Fsp3) is 0.200. The lowest BCUT2D eigenvalue weighted by Gasteiger charge is -2.14. The van der Waals surface area contributed by atoms with E-state index >= 15 is 0 Å². The second-order valence-corrected chi connectivity index (χ2v) is 5.08. The third kappa shape index (κ3) is 3.43. The minimum absolute atomic E-state index is 0.0920. The van der Waals surface area contributed by atoms with Crippen LogP contribution in [0.4, 0.5) is 0 Å². The van der Waals surface area contributed by atoms with Gasteiger partial charge >= 0.3 is 0 Å². The van der Waals surface area contributed by atoms with Gasteiger partial charge in [-0.25, -0.2) is 4.68 Å². The molecule has 2 rings (SSSR count). The highest BCUT2D eigenvalue weighted by atomic mass is 35.5. The molecule has 0 N–H and O–H groups in total. The monoisotopic (exact) mass is 356 g/mol. The lowest BCUT2D eigenvalue weighted by molar-refractivity contribution is 0.324. The Morgan fingerprint density at radius 2 is 1.78 bits per heavy atom. The summed E-state index contributed by atoms with van der Waals surface area (Å²) in [6.45, 7) is 0. The summed E-state index contributed by atoms with van der Waals surface area (Å²) in [4.78, 5) is 11.9. The van der Waals surface area contributed by atoms with E-state index in [2.05, 4.69) is 5.10 Å². The van der Waals surface area contributed by atoms with Gasteiger partial charge in [0.2, 0.25) is 5.75 Å². The summed E-state index contributed by atoms with van der Waals surface area (Å²) < 4.78 is 17.0. The van der Waals surface area contributed by atoms with Crippen molar-refractivity contribution >= 4 is 35.5 Å². The van der Waals surface area contributed by atoms with Crippen molar-refractivity contribution in [3.63, 3.8) is 0 Å². The maximum absolute atomic E-state index is 11.9. The van der Waals surface area contributed by atoms with Crippen LogP contribution in [0.5, 0.6) is 17.2 Å². The average molecular weight is 357 g/mol. The highest BCUT2D eigenvalue weighted by Crippen LogP contribution is 2.40. The van der Waals surface area contributed by atoms with Crippen LogP contribution in [0, 0.1) is 0 Å². The Morgan fingerprint density at radius 1 is 1.09 bits per heavy atom. The van der Waals surface area contributed by atoms with Gasteiger partial charge in [-0.05, 0) is 18.2 Å². The molecule has 0 unspecified atom stereocenters. The third-order valence-corrected chi connectivity index (χ3v) is 3.78. The summed E-state index contributed by atoms with van der Waals surface area (Å²) in [5.41, 5.74) is 0.153. The Hall–Kier alpha value is -2.18. The second kappa shape index (κ2) is 7.39. The molecule has 122 valence electrons. The van der Waals surface area contributed by atoms with Crippen molar-refractivity contribution in [1.82, 2.24) is 9.78 Å². The van der Waals surface area contributed by atoms with Gasteiger partial charge in [0.15, 0.2) is 11.5 Å². The van der Waals surface area contributed by atoms with Crippen LogP contribution in [-0.4, -0.2) is 31.1 Å². The number of hydrogen-bond acceptors (Lipinski definition) is 5. The largest absolute Gasteiger partial charge is 0.493 e. The van der Waals surface area contributed by atoms with Gasteiger partial charge in [0.05, 0.1) is 32.5 Å². The van der Waals surface area contributed by atoms with Crippen molar-refractivity contribution in [1.29, 1.82) is 0 Å². The smallest absolute Gasteiger partial charge is 0.291 e. The van der Waals surface area contributed by atoms with Crippen LogP contribution in [-0.2, 0) is 0 Å². The van der Waals surface area contributed by atoms with E-state index in [0.717, 1.165) is 4.68 Å². The van der Waals surface area contributed by atoms with E-state index in [0.29, 0.717) is 22.8 Å². The SMILES string of the molecule is COc1ccc(/C=C/n2ncc(Cl)c(Cl)c2=O)c(OC)c1OC. The minimum atomic E-state index is -0.519. The first-order valence-electron chi connectivity index (χ1n) is 6.43. The number of aromatic nitrogens is 2. The maximum Gasteiger partial charge on any atom is 0.291 e. The highest BCUT2D eigenvalue weighted by Gasteiger charge is 2.14. The van der Waals surface area contributed by atoms with E-state index in [1.54, 1.807) is 18.2 Å². The number of methoxy groups -OCH3 is 3. The van der Waals surface area contributed by atoms with Gasteiger partial charge in [0.1, 0.15) is 5.02 Å². The molecule has 1 aromatic carbocycles. The van der Waals surface area contributed by atoms with Crippen molar-refractivity contribution in [2.24, 2.45) is 0 Å². The molecule has 0 aliphatic rings. The molecule has 0 saturated carbocycles. The topological polar surface area (TPSA) is 62.6 Å². The molecule has 0 bridgehead atoms. The maximum atomic E-state index is 11.9. The van der Waals surface area contributed by atoms with E-state index in [-0.39, 0.29) is 10.0 Å². The molecule has 2 aromatic rings. The molecule has 0 aliphatic carbocycles. The Kier molecular flexibility index (Phi) is 5.52. The van der Waals surface area contributed by atoms with E-state index < -0.39 is 5.56 Å². The van der Waals surface area contributed by atoms with Gasteiger partial charge in [-0.2, -0.15) is 5.10 Å². The normalized spacial score (nSPS) is 10.8. The first-order valence-corrected chi connectivity index (χ1v) is 7.19. The van der Waals surface area contributed by atoms with Gasteiger partial charge in [0.25, 0.3) is 5.56 Å². The molecule has 1 aromatic heterocycles. The predicted octanol–water partition coefficient (Wildman–Crippen LogP) is 3.20. The Balaban J connectivity index is 2.48. The average Bonchev–Trinajstić information content (AvgIpc) is 2.58. The van der Waals surface area contributed by atoms with Gasteiger partial charge in [-0.1, -0.05) is 23.2 Å². The van der Waals surface area contributed by atoms with E-state index in [4.69, 9.17) is 37.4 Å². The van der Waals surface area contributed by atoms with Crippen LogP contribution in [0.15, 0.2) is 23.1 Å². The zero-order valence-electron chi connectivity index (χ0n) is 12.7. The molecule has 1 heterocycles. The Bertz CT molecular complexity index is 803. The summed E-state index contributed by atoms with van der Waals surface area (Å²) in [5.74, 6) is 1.45. The lowest BCUT2D eigenvalue weighted by Crippen LogP contribution is -2.18. The van der Waals surface area contributed by atoms with E-state index in [1.807, 2.05) is 0 Å². The molecule has 0 radical (unpaired) electrons. The summed E-state index contributed by atoms with van der Waals surface area (Å²) in [7, 11) is 4.56. The third-order valence-electron chi connectivity index (χ3n) is 3.03. The molecular weight excluding hydrogens is 343 g/mol. The first-order chi connectivity index (χ1) is 11.0. The second-order valence-electron chi connectivity index (χ2n) is 4.30. The van der Waals surface area contributed by atoms with Crippen molar-refractivity contribution in [3.05, 3.63) is 44.3 Å². The van der Waals surface area contributed by atoms with Crippen LogP contribution < -0.4 is 19.8 Å². The number of benzene rings is 1. The van der Waals surface area contributed by atoms with Crippen molar-refractivity contribution < 1.29 is 14.2 Å². The molecule has 8 heteroatoms. The summed E-state index contributed by atoms with van der Waals surface area (Å²) in [6.07, 6.45) is 4.38. The van der Waals surface area contributed by atoms with Gasteiger partial charge in [-0.15, -0.1) is 0 Å². The fourth-order valence-electron chi connectivity index (χ4n) is 1.94. The van der Waals surface area contributed by atoms with Crippen LogP contribution in [0.3, 0.4) is 0 Å². The fourth-order valence-corrected chi connectivity index (χ4v) is 2.20. The van der Waals surface area contributed by atoms with Crippen LogP contribution >= 0.6 is 23.2 Å². The van der Waals surface area contributed by atoms with E-state index in [9.17, 15) is 4.79 Å².